The Kier molecular flexibility index (Phi) is 3.78. The smallest absolute Gasteiger partial charge is 0.236 e. The number of oxime groups is 1. The Morgan fingerprint density at radius 3 is 2.69 bits per heavy atom. The lowest BCUT2D eigenvalue weighted by molar-refractivity contribution is -0.136. The molecule has 1 aliphatic rings. The van der Waals surface area contributed by atoms with Crippen molar-refractivity contribution in [1.29, 1.82) is 0 Å². The Balaban J connectivity index is 2.85. The molecule has 0 aromatic carbocycles. The van der Waals surface area contributed by atoms with Crippen molar-refractivity contribution in [3.8, 4) is 0 Å². The van der Waals surface area contributed by atoms with Crippen molar-refractivity contribution in [1.82, 2.24) is 4.90 Å². The summed E-state index contributed by atoms with van der Waals surface area (Å²) < 4.78 is 0. The number of amides is 1. The lowest BCUT2D eigenvalue weighted by atomic mass is 9.84. The lowest BCUT2D eigenvalue weighted by Gasteiger charge is -2.30. The van der Waals surface area contributed by atoms with Crippen LogP contribution in [0.5, 0.6) is 0 Å². The molecule has 5 nitrogen and oxygen atoms in total. The third kappa shape index (κ3) is 2.13. The summed E-state index contributed by atoms with van der Waals surface area (Å²) in [5.74, 6) is 0.506. The van der Waals surface area contributed by atoms with Gasteiger partial charge in [-0.25, -0.2) is 0 Å². The van der Waals surface area contributed by atoms with Crippen molar-refractivity contribution in [2.75, 3.05) is 13.1 Å². The highest BCUT2D eigenvalue weighted by atomic mass is 16.4. The minimum atomic E-state index is -0.876. The highest BCUT2D eigenvalue weighted by molar-refractivity contribution is 6.06. The monoisotopic (exact) mass is 227 g/mol. The number of carbonyl (C=O) groups excluding carboxylic acids is 1. The van der Waals surface area contributed by atoms with Crippen LogP contribution < -0.4 is 5.73 Å². The number of hydrogen-bond donors (Lipinski definition) is 2. The van der Waals surface area contributed by atoms with Gasteiger partial charge in [0.25, 0.3) is 0 Å². The molecule has 0 aliphatic carbocycles. The molecule has 0 spiro atoms. The summed E-state index contributed by atoms with van der Waals surface area (Å²) in [5.41, 5.74) is 4.74. The Bertz CT molecular complexity index is 304. The number of carbonyl (C=O) groups is 1. The van der Waals surface area contributed by atoms with Gasteiger partial charge in [0.2, 0.25) is 5.91 Å². The number of hydrogen-bond acceptors (Lipinski definition) is 3. The van der Waals surface area contributed by atoms with E-state index >= 15 is 0 Å². The van der Waals surface area contributed by atoms with Crippen LogP contribution in [-0.2, 0) is 4.79 Å². The van der Waals surface area contributed by atoms with Gasteiger partial charge in [-0.15, -0.1) is 0 Å². The molecule has 1 amide bonds. The second-order valence-corrected chi connectivity index (χ2v) is 4.82. The predicted molar refractivity (Wildman–Crippen MR) is 62.2 cm³/mol. The lowest BCUT2D eigenvalue weighted by Crippen LogP contribution is -2.48. The molecule has 1 heterocycles. The first kappa shape index (κ1) is 12.8. The molecule has 0 bridgehead atoms. The predicted octanol–water partition coefficient (Wildman–Crippen LogP) is 1.02. The quantitative estimate of drug-likeness (QED) is 0.327. The van der Waals surface area contributed by atoms with E-state index in [9.17, 15) is 4.79 Å². The Hall–Kier alpha value is -1.26. The fourth-order valence-corrected chi connectivity index (χ4v) is 2.02. The van der Waals surface area contributed by atoms with Crippen LogP contribution in [0.25, 0.3) is 0 Å². The molecule has 3 N–H and O–H groups in total. The zero-order valence-electron chi connectivity index (χ0n) is 10.2. The molecular weight excluding hydrogens is 206 g/mol. The Morgan fingerprint density at radius 2 is 2.31 bits per heavy atom. The molecule has 5 heteroatoms. The SMILES string of the molecule is CCC(C)(C(=O)N1CCC(C)C1)C(N)=NO. The van der Waals surface area contributed by atoms with Crippen LogP contribution >= 0.6 is 0 Å². The maximum atomic E-state index is 12.3. The van der Waals surface area contributed by atoms with Crippen molar-refractivity contribution in [2.45, 2.75) is 33.6 Å². The van der Waals surface area contributed by atoms with Gasteiger partial charge >= 0.3 is 0 Å². The standard InChI is InChI=1S/C11H21N3O2/c1-4-11(3,9(12)13-16)10(15)14-6-5-8(2)7-14/h8,16H,4-7H2,1-3H3,(H2,12,13). The molecule has 16 heavy (non-hydrogen) atoms. The van der Waals surface area contributed by atoms with Gasteiger partial charge in [0.1, 0.15) is 5.41 Å². The van der Waals surface area contributed by atoms with E-state index in [0.717, 1.165) is 19.5 Å². The summed E-state index contributed by atoms with van der Waals surface area (Å²) in [6, 6.07) is 0. The number of likely N-dealkylation sites (tertiary alicyclic amines) is 1. The average Bonchev–Trinajstić information content (AvgIpc) is 2.72. The van der Waals surface area contributed by atoms with Crippen LogP contribution in [0.15, 0.2) is 5.16 Å². The van der Waals surface area contributed by atoms with E-state index in [1.807, 2.05) is 11.8 Å². The highest BCUT2D eigenvalue weighted by Gasteiger charge is 2.41. The number of nitrogens with two attached hydrogens (primary N) is 1. The van der Waals surface area contributed by atoms with Gasteiger partial charge in [-0.1, -0.05) is 19.0 Å². The molecule has 0 radical (unpaired) electrons. The zero-order valence-corrected chi connectivity index (χ0v) is 10.2. The largest absolute Gasteiger partial charge is 0.409 e. The van der Waals surface area contributed by atoms with E-state index in [4.69, 9.17) is 10.9 Å². The van der Waals surface area contributed by atoms with E-state index in [-0.39, 0.29) is 11.7 Å². The first-order chi connectivity index (χ1) is 7.45. The van der Waals surface area contributed by atoms with Gasteiger partial charge in [0, 0.05) is 13.1 Å². The van der Waals surface area contributed by atoms with Gasteiger partial charge in [0.05, 0.1) is 0 Å². The van der Waals surface area contributed by atoms with E-state index in [1.54, 1.807) is 6.92 Å². The first-order valence-electron chi connectivity index (χ1n) is 5.73. The third-order valence-electron chi connectivity index (χ3n) is 3.56. The minimum Gasteiger partial charge on any atom is -0.409 e. The first-order valence-corrected chi connectivity index (χ1v) is 5.73. The molecule has 1 rings (SSSR count). The third-order valence-corrected chi connectivity index (χ3v) is 3.56. The summed E-state index contributed by atoms with van der Waals surface area (Å²) in [4.78, 5) is 14.1. The molecule has 1 aliphatic heterocycles. The molecule has 0 saturated carbocycles. The number of rotatable bonds is 3. The molecule has 2 unspecified atom stereocenters. The average molecular weight is 227 g/mol. The van der Waals surface area contributed by atoms with Gasteiger partial charge in [0.15, 0.2) is 5.84 Å². The van der Waals surface area contributed by atoms with Gasteiger partial charge in [-0.3, -0.25) is 4.79 Å². The molecule has 1 fully saturated rings. The van der Waals surface area contributed by atoms with E-state index in [2.05, 4.69) is 12.1 Å². The second-order valence-electron chi connectivity index (χ2n) is 4.82. The normalized spacial score (nSPS) is 25.6. The van der Waals surface area contributed by atoms with Crippen molar-refractivity contribution >= 4 is 11.7 Å². The maximum absolute atomic E-state index is 12.3. The maximum Gasteiger partial charge on any atom is 0.236 e. The van der Waals surface area contributed by atoms with Crippen molar-refractivity contribution < 1.29 is 10.0 Å². The minimum absolute atomic E-state index is 0.000414. The summed E-state index contributed by atoms with van der Waals surface area (Å²) in [7, 11) is 0. The molecule has 1 saturated heterocycles. The molecule has 2 atom stereocenters. The topological polar surface area (TPSA) is 78.9 Å². The van der Waals surface area contributed by atoms with Crippen LogP contribution in [0, 0.1) is 11.3 Å². The van der Waals surface area contributed by atoms with E-state index < -0.39 is 5.41 Å². The summed E-state index contributed by atoms with van der Waals surface area (Å²) in [6.45, 7) is 7.27. The summed E-state index contributed by atoms with van der Waals surface area (Å²) in [5, 5.41) is 11.7. The van der Waals surface area contributed by atoms with E-state index in [1.165, 1.54) is 0 Å². The van der Waals surface area contributed by atoms with Gasteiger partial charge in [-0.05, 0) is 25.7 Å². The summed E-state index contributed by atoms with van der Waals surface area (Å²) >= 11 is 0. The van der Waals surface area contributed by atoms with Crippen LogP contribution in [0.1, 0.15) is 33.6 Å². The summed E-state index contributed by atoms with van der Waals surface area (Å²) in [6.07, 6.45) is 1.56. The van der Waals surface area contributed by atoms with Crippen molar-refractivity contribution in [3.63, 3.8) is 0 Å². The Labute approximate surface area is 96.3 Å². The van der Waals surface area contributed by atoms with Gasteiger partial charge < -0.3 is 15.8 Å². The Morgan fingerprint density at radius 1 is 1.69 bits per heavy atom. The van der Waals surface area contributed by atoms with Crippen LogP contribution in [-0.4, -0.2) is 34.9 Å². The van der Waals surface area contributed by atoms with Crippen LogP contribution in [0.2, 0.25) is 0 Å². The number of nitrogens with zero attached hydrogens (tertiary/aromatic N) is 2. The second kappa shape index (κ2) is 4.72. The molecule has 92 valence electrons. The zero-order chi connectivity index (χ0) is 12.3. The molecular formula is C11H21N3O2. The fraction of sp³-hybridized carbons (Fsp3) is 0.818. The van der Waals surface area contributed by atoms with Crippen molar-refractivity contribution in [3.05, 3.63) is 0 Å². The molecule has 0 aromatic rings. The van der Waals surface area contributed by atoms with Gasteiger partial charge in [-0.2, -0.15) is 0 Å². The fourth-order valence-electron chi connectivity index (χ4n) is 2.02. The highest BCUT2D eigenvalue weighted by Crippen LogP contribution is 2.27. The van der Waals surface area contributed by atoms with Crippen LogP contribution in [0.3, 0.4) is 0 Å². The van der Waals surface area contributed by atoms with E-state index in [0.29, 0.717) is 12.3 Å². The van der Waals surface area contributed by atoms with Crippen LogP contribution in [0.4, 0.5) is 0 Å². The van der Waals surface area contributed by atoms with Crippen molar-refractivity contribution in [2.24, 2.45) is 22.2 Å². The molecule has 0 aromatic heterocycles. The number of amidine groups is 1.